The van der Waals surface area contributed by atoms with Crippen LogP contribution >= 0.6 is 22.7 Å². The molecule has 0 radical (unpaired) electrons. The maximum atomic E-state index is 2.44. The molecule has 0 spiro atoms. The molecule has 4 nitrogen and oxygen atoms in total. The van der Waals surface area contributed by atoms with E-state index in [1.165, 1.54) is 227 Å². The smallest absolute Gasteiger partial charge is 0.0541 e. The SMILES string of the molecule is c1ccc(-n2c3ccccc3c3cc(-c4ccc5c(c4)c4cc(-c6ccc7c(c6)sc6ccccc67)ccc4n5-c4ccc(-c5ccc6ccccc6c5)cc4)ccc32)cc1.c1ccc(-n2c3ccccc3c3cc(-c4ccc5c(c4)c4cc(-c6cccc7c6sc6ccccc67)ccc4n5-c4ccc(-c5ccc6ccccc6c5)cc4)ccc32)cc1. The molecular formula is C116H72N4S2. The fourth-order valence-electron chi connectivity index (χ4n) is 19.5. The van der Waals surface area contributed by atoms with Crippen LogP contribution in [0.3, 0.4) is 0 Å². The quantitative estimate of drug-likeness (QED) is 0.130. The highest BCUT2D eigenvalue weighted by Gasteiger charge is 2.23. The molecule has 568 valence electrons. The van der Waals surface area contributed by atoms with E-state index in [1.807, 2.05) is 22.7 Å². The van der Waals surface area contributed by atoms with Crippen LogP contribution in [-0.4, -0.2) is 18.3 Å². The highest BCUT2D eigenvalue weighted by atomic mass is 32.1. The van der Waals surface area contributed by atoms with Gasteiger partial charge >= 0.3 is 0 Å². The monoisotopic (exact) mass is 1580 g/mol. The highest BCUT2D eigenvalue weighted by molar-refractivity contribution is 7.26. The lowest BCUT2D eigenvalue weighted by atomic mass is 9.98. The van der Waals surface area contributed by atoms with Crippen LogP contribution in [0.4, 0.5) is 0 Å². The van der Waals surface area contributed by atoms with Crippen LogP contribution < -0.4 is 0 Å². The first-order valence-electron chi connectivity index (χ1n) is 41.8. The molecule has 6 heteroatoms. The third-order valence-electron chi connectivity index (χ3n) is 25.4. The topological polar surface area (TPSA) is 19.7 Å². The molecule has 0 aliphatic heterocycles. The Bertz CT molecular complexity index is 8750. The normalized spacial score (nSPS) is 11.9. The van der Waals surface area contributed by atoms with Crippen molar-refractivity contribution in [3.8, 4) is 89.5 Å². The molecular weight excluding hydrogens is 1510 g/mol. The van der Waals surface area contributed by atoms with Gasteiger partial charge in [0.25, 0.3) is 0 Å². The molecule has 0 unspecified atom stereocenters. The van der Waals surface area contributed by atoms with Gasteiger partial charge in [-0.1, -0.05) is 273 Å². The van der Waals surface area contributed by atoms with E-state index in [-0.39, 0.29) is 0 Å². The van der Waals surface area contributed by atoms with Crippen LogP contribution in [0.15, 0.2) is 437 Å². The number of fused-ring (bicyclic) bond motifs is 20. The Morgan fingerprint density at radius 2 is 0.426 bits per heavy atom. The Kier molecular flexibility index (Phi) is 16.1. The van der Waals surface area contributed by atoms with Gasteiger partial charge in [-0.25, -0.2) is 0 Å². The number of hydrogen-bond donors (Lipinski definition) is 0. The lowest BCUT2D eigenvalue weighted by molar-refractivity contribution is 1.18. The summed E-state index contributed by atoms with van der Waals surface area (Å²) in [7, 11) is 0. The van der Waals surface area contributed by atoms with E-state index < -0.39 is 0 Å². The molecule has 6 heterocycles. The summed E-state index contributed by atoms with van der Waals surface area (Å²) >= 11 is 3.76. The summed E-state index contributed by atoms with van der Waals surface area (Å²) in [6, 6.07) is 161. The molecule has 0 saturated carbocycles. The zero-order valence-electron chi connectivity index (χ0n) is 66.2. The van der Waals surface area contributed by atoms with Crippen molar-refractivity contribution in [1.29, 1.82) is 0 Å². The Morgan fingerprint density at radius 3 is 0.877 bits per heavy atom. The minimum atomic E-state index is 1.15. The van der Waals surface area contributed by atoms with Gasteiger partial charge in [0.15, 0.2) is 0 Å². The summed E-state index contributed by atoms with van der Waals surface area (Å²) in [5.41, 5.74) is 28.9. The number of aromatic nitrogens is 4. The van der Waals surface area contributed by atoms with E-state index in [9.17, 15) is 0 Å². The van der Waals surface area contributed by atoms with Crippen molar-refractivity contribution in [2.45, 2.75) is 0 Å². The molecule has 122 heavy (non-hydrogen) atoms. The second-order valence-electron chi connectivity index (χ2n) is 32.2. The zero-order chi connectivity index (χ0) is 80.0. The van der Waals surface area contributed by atoms with Gasteiger partial charge in [0.2, 0.25) is 0 Å². The fraction of sp³-hybridized carbons (Fsp3) is 0. The molecule has 0 atom stereocenters. The minimum Gasteiger partial charge on any atom is -0.309 e. The van der Waals surface area contributed by atoms with Crippen LogP contribution in [0, 0.1) is 0 Å². The van der Waals surface area contributed by atoms with E-state index in [2.05, 4.69) is 455 Å². The molecule has 0 fully saturated rings. The number of hydrogen-bond acceptors (Lipinski definition) is 2. The third kappa shape index (κ3) is 11.4. The van der Waals surface area contributed by atoms with E-state index in [0.29, 0.717) is 0 Å². The van der Waals surface area contributed by atoms with Crippen molar-refractivity contribution < 1.29 is 0 Å². The van der Waals surface area contributed by atoms with E-state index in [4.69, 9.17) is 0 Å². The van der Waals surface area contributed by atoms with Crippen molar-refractivity contribution in [3.63, 3.8) is 0 Å². The van der Waals surface area contributed by atoms with Gasteiger partial charge in [-0.3, -0.25) is 0 Å². The molecule has 0 aliphatic rings. The van der Waals surface area contributed by atoms with Crippen molar-refractivity contribution in [3.05, 3.63) is 437 Å². The van der Waals surface area contributed by atoms with E-state index in [1.54, 1.807) is 0 Å². The molecule has 0 bridgehead atoms. The van der Waals surface area contributed by atoms with Gasteiger partial charge in [0, 0.05) is 106 Å². The summed E-state index contributed by atoms with van der Waals surface area (Å²) in [6.45, 7) is 0. The summed E-state index contributed by atoms with van der Waals surface area (Å²) in [6.07, 6.45) is 0. The van der Waals surface area contributed by atoms with Crippen molar-refractivity contribution in [2.75, 3.05) is 0 Å². The summed E-state index contributed by atoms with van der Waals surface area (Å²) in [5, 5.41) is 20.3. The van der Waals surface area contributed by atoms with E-state index in [0.717, 1.165) is 11.4 Å². The third-order valence-corrected chi connectivity index (χ3v) is 27.8. The number of nitrogens with zero attached hydrogens (tertiary/aromatic N) is 4. The standard InChI is InChI=1S/2C58H36N2S/c1-2-13-44(14-3-1)59-53-19-8-6-15-47(53)50-34-41(25-30-54(50)59)42-26-31-55-51(35-42)52-36-43(46-17-10-18-49-48-16-7-9-20-57(48)61-58(46)49)27-32-56(52)60(55)45-28-23-38(24-29-45)40-22-21-37-11-4-5-12-39(37)33-40;1-2-12-45(13-3-1)59-53-16-8-6-14-47(53)50-33-41(23-29-54(50)59)42-24-30-55-51(34-42)52-35-43(44-22-28-49-48-15-7-9-17-57(48)61-58(49)36-44)25-31-56(52)60(55)46-26-20-38(21-27-46)40-19-18-37-10-4-5-11-39(37)32-40/h2*1-36H. The number of benzene rings is 20. The Morgan fingerprint density at radius 1 is 0.139 bits per heavy atom. The Hall–Kier alpha value is -15.4. The van der Waals surface area contributed by atoms with E-state index >= 15 is 0 Å². The molecule has 0 amide bonds. The largest absolute Gasteiger partial charge is 0.309 e. The van der Waals surface area contributed by atoms with Crippen LogP contribution in [0.1, 0.15) is 0 Å². The maximum Gasteiger partial charge on any atom is 0.0541 e. The highest BCUT2D eigenvalue weighted by Crippen LogP contribution is 2.47. The van der Waals surface area contributed by atoms with Gasteiger partial charge in [-0.15, -0.1) is 22.7 Å². The number of para-hydroxylation sites is 4. The zero-order valence-corrected chi connectivity index (χ0v) is 67.8. The van der Waals surface area contributed by atoms with Gasteiger partial charge in [0.05, 0.1) is 44.1 Å². The molecule has 0 aliphatic carbocycles. The molecule has 0 N–H and O–H groups in total. The van der Waals surface area contributed by atoms with Crippen LogP contribution in [0.5, 0.6) is 0 Å². The van der Waals surface area contributed by atoms with Crippen LogP contribution in [0.25, 0.3) is 239 Å². The summed E-state index contributed by atoms with van der Waals surface area (Å²) < 4.78 is 15.0. The fourth-order valence-corrected chi connectivity index (χ4v) is 21.9. The first-order chi connectivity index (χ1) is 60.4. The predicted molar refractivity (Wildman–Crippen MR) is 524 cm³/mol. The summed E-state index contributed by atoms with van der Waals surface area (Å²) in [4.78, 5) is 0. The van der Waals surface area contributed by atoms with Crippen LogP contribution in [-0.2, 0) is 0 Å². The molecule has 20 aromatic carbocycles. The number of thiophene rings is 2. The predicted octanol–water partition coefficient (Wildman–Crippen LogP) is 32.8. The maximum absolute atomic E-state index is 2.44. The lowest BCUT2D eigenvalue weighted by Gasteiger charge is -2.11. The molecule has 6 aromatic heterocycles. The van der Waals surface area contributed by atoms with Crippen LogP contribution in [0.2, 0.25) is 0 Å². The minimum absolute atomic E-state index is 1.15. The molecule has 0 saturated heterocycles. The molecule has 26 rings (SSSR count). The van der Waals surface area contributed by atoms with Gasteiger partial charge in [-0.2, -0.15) is 0 Å². The van der Waals surface area contributed by atoms with Crippen molar-refractivity contribution in [1.82, 2.24) is 18.3 Å². The first-order valence-corrected chi connectivity index (χ1v) is 43.4. The van der Waals surface area contributed by atoms with Gasteiger partial charge in [0.1, 0.15) is 0 Å². The number of rotatable bonds is 10. The first kappa shape index (κ1) is 69.7. The summed E-state index contributed by atoms with van der Waals surface area (Å²) in [5.74, 6) is 0. The average Bonchev–Trinajstić information content (AvgIpc) is 1.63. The second kappa shape index (κ2) is 28.1. The van der Waals surface area contributed by atoms with Gasteiger partial charge in [-0.05, 0) is 252 Å². The Labute approximate surface area is 711 Å². The Balaban J connectivity index is 0.000000134. The average molecular weight is 1590 g/mol. The van der Waals surface area contributed by atoms with Crippen molar-refractivity contribution in [2.24, 2.45) is 0 Å². The molecule has 26 aromatic rings. The van der Waals surface area contributed by atoms with Crippen molar-refractivity contribution >= 4 is 172 Å². The second-order valence-corrected chi connectivity index (χ2v) is 34.4. The lowest BCUT2D eigenvalue weighted by Crippen LogP contribution is -1.94. The van der Waals surface area contributed by atoms with Gasteiger partial charge < -0.3 is 18.3 Å².